The molecule has 0 atom stereocenters. The average Bonchev–Trinajstić information content (AvgIpc) is 2.37. The van der Waals surface area contributed by atoms with E-state index in [1.807, 2.05) is 6.07 Å². The van der Waals surface area contributed by atoms with Gasteiger partial charge in [-0.05, 0) is 17.7 Å². The zero-order chi connectivity index (χ0) is 13.0. The molecular weight excluding hydrogens is 300 g/mol. The van der Waals surface area contributed by atoms with Gasteiger partial charge >= 0.3 is 0 Å². The Bertz CT molecular complexity index is 511. The summed E-state index contributed by atoms with van der Waals surface area (Å²) >= 11 is 3.39. The number of halogens is 1. The molecule has 6 heteroatoms. The number of hydrogen-bond donors (Lipinski definition) is 1. The number of hydrogen-bond acceptors (Lipinski definition) is 4. The largest absolute Gasteiger partial charge is 0.486 e. The van der Waals surface area contributed by atoms with Gasteiger partial charge in [0.15, 0.2) is 11.5 Å². The van der Waals surface area contributed by atoms with Crippen LogP contribution in [-0.4, -0.2) is 25.7 Å². The Kier molecular flexibility index (Phi) is 4.05. The lowest BCUT2D eigenvalue weighted by Gasteiger charge is -2.19. The summed E-state index contributed by atoms with van der Waals surface area (Å²) in [6.45, 7) is 1.05. The van der Waals surface area contributed by atoms with Crippen molar-refractivity contribution in [1.82, 2.24) is 5.32 Å². The third kappa shape index (κ3) is 2.93. The summed E-state index contributed by atoms with van der Waals surface area (Å²) in [6.07, 6.45) is 0.193. The zero-order valence-corrected chi connectivity index (χ0v) is 11.1. The van der Waals surface area contributed by atoms with E-state index in [4.69, 9.17) is 14.7 Å². The van der Waals surface area contributed by atoms with Crippen molar-refractivity contribution in [2.45, 2.75) is 6.42 Å². The maximum absolute atomic E-state index is 11.5. The summed E-state index contributed by atoms with van der Waals surface area (Å²) in [5.74, 6) is 1.12. The molecule has 1 aromatic carbocycles. The van der Waals surface area contributed by atoms with E-state index < -0.39 is 0 Å². The Balaban J connectivity index is 2.13. The molecule has 94 valence electrons. The second-order valence-corrected chi connectivity index (χ2v) is 4.55. The summed E-state index contributed by atoms with van der Waals surface area (Å²) in [7, 11) is 0. The lowest BCUT2D eigenvalue weighted by molar-refractivity contribution is -0.120. The van der Waals surface area contributed by atoms with E-state index in [9.17, 15) is 4.79 Å². The van der Waals surface area contributed by atoms with Gasteiger partial charge in [0.25, 0.3) is 0 Å². The fourth-order valence-electron chi connectivity index (χ4n) is 1.62. The number of fused-ring (bicyclic) bond motifs is 1. The van der Waals surface area contributed by atoms with E-state index in [1.54, 1.807) is 12.1 Å². The van der Waals surface area contributed by atoms with Gasteiger partial charge in [-0.2, -0.15) is 5.26 Å². The van der Waals surface area contributed by atoms with Crippen LogP contribution in [0.5, 0.6) is 11.5 Å². The molecule has 0 saturated heterocycles. The van der Waals surface area contributed by atoms with Crippen molar-refractivity contribution in [1.29, 1.82) is 5.26 Å². The summed E-state index contributed by atoms with van der Waals surface area (Å²) in [6, 6.07) is 5.44. The smallest absolute Gasteiger partial charge is 0.225 e. The Labute approximate surface area is 113 Å². The van der Waals surface area contributed by atoms with Gasteiger partial charge in [0, 0.05) is 4.47 Å². The van der Waals surface area contributed by atoms with Crippen LogP contribution in [0.2, 0.25) is 0 Å². The van der Waals surface area contributed by atoms with E-state index in [0.29, 0.717) is 24.7 Å². The predicted molar refractivity (Wildman–Crippen MR) is 67.5 cm³/mol. The molecule has 1 N–H and O–H groups in total. The lowest BCUT2D eigenvalue weighted by Crippen LogP contribution is -2.25. The highest BCUT2D eigenvalue weighted by atomic mass is 79.9. The molecule has 1 aliphatic heterocycles. The van der Waals surface area contributed by atoms with Gasteiger partial charge in [-0.1, -0.05) is 15.9 Å². The van der Waals surface area contributed by atoms with Gasteiger partial charge in [-0.3, -0.25) is 4.79 Å². The first-order valence-corrected chi connectivity index (χ1v) is 6.21. The highest BCUT2D eigenvalue weighted by Crippen LogP contribution is 2.35. The van der Waals surface area contributed by atoms with Crippen LogP contribution in [0.15, 0.2) is 16.6 Å². The monoisotopic (exact) mass is 310 g/mol. The Morgan fingerprint density at radius 3 is 2.72 bits per heavy atom. The number of amides is 1. The molecule has 0 radical (unpaired) electrons. The standard InChI is InChI=1S/C12H11BrN2O3/c13-9-7-11-10(17-3-4-18-11)5-8(9)6-12(16)15-2-1-14/h5,7H,2-4,6H2,(H,15,16). The van der Waals surface area contributed by atoms with Gasteiger partial charge < -0.3 is 14.8 Å². The molecule has 5 nitrogen and oxygen atoms in total. The van der Waals surface area contributed by atoms with Gasteiger partial charge in [-0.25, -0.2) is 0 Å². The number of carbonyl (C=O) groups excluding carboxylic acids is 1. The van der Waals surface area contributed by atoms with E-state index >= 15 is 0 Å². The molecule has 1 amide bonds. The Hall–Kier alpha value is -1.74. The minimum absolute atomic E-state index is 0.0149. The van der Waals surface area contributed by atoms with E-state index in [2.05, 4.69) is 21.2 Å². The van der Waals surface area contributed by atoms with Crippen LogP contribution in [0.25, 0.3) is 0 Å². The average molecular weight is 311 g/mol. The van der Waals surface area contributed by atoms with Crippen molar-refractivity contribution in [3.05, 3.63) is 22.2 Å². The first kappa shape index (κ1) is 12.7. The minimum Gasteiger partial charge on any atom is -0.486 e. The Morgan fingerprint density at radius 2 is 2.06 bits per heavy atom. The topological polar surface area (TPSA) is 71.4 Å². The predicted octanol–water partition coefficient (Wildman–Crippen LogP) is 1.40. The van der Waals surface area contributed by atoms with Crippen LogP contribution in [0.1, 0.15) is 5.56 Å². The molecule has 0 aromatic heterocycles. The number of benzene rings is 1. The fraction of sp³-hybridized carbons (Fsp3) is 0.333. The maximum atomic E-state index is 11.5. The lowest BCUT2D eigenvalue weighted by atomic mass is 10.1. The number of ether oxygens (including phenoxy) is 2. The molecule has 0 fully saturated rings. The quantitative estimate of drug-likeness (QED) is 0.857. The molecule has 18 heavy (non-hydrogen) atoms. The van der Waals surface area contributed by atoms with Gasteiger partial charge in [-0.15, -0.1) is 0 Å². The van der Waals surface area contributed by atoms with Crippen LogP contribution in [0.3, 0.4) is 0 Å². The van der Waals surface area contributed by atoms with Crippen LogP contribution in [0.4, 0.5) is 0 Å². The summed E-state index contributed by atoms with van der Waals surface area (Å²) in [5.41, 5.74) is 0.801. The van der Waals surface area contributed by atoms with Crippen molar-refractivity contribution >= 4 is 21.8 Å². The second kappa shape index (κ2) is 5.74. The first-order valence-electron chi connectivity index (χ1n) is 5.42. The second-order valence-electron chi connectivity index (χ2n) is 3.70. The highest BCUT2D eigenvalue weighted by molar-refractivity contribution is 9.10. The fourth-order valence-corrected chi connectivity index (χ4v) is 2.08. The minimum atomic E-state index is -0.200. The summed E-state index contributed by atoms with van der Waals surface area (Å²) in [4.78, 5) is 11.5. The van der Waals surface area contributed by atoms with E-state index in [0.717, 1.165) is 10.0 Å². The number of nitrogens with zero attached hydrogens (tertiary/aromatic N) is 1. The normalized spacial score (nSPS) is 12.7. The van der Waals surface area contributed by atoms with Crippen LogP contribution >= 0.6 is 15.9 Å². The van der Waals surface area contributed by atoms with Crippen molar-refractivity contribution in [3.63, 3.8) is 0 Å². The van der Waals surface area contributed by atoms with Crippen LogP contribution < -0.4 is 14.8 Å². The van der Waals surface area contributed by atoms with Gasteiger partial charge in [0.05, 0.1) is 12.5 Å². The first-order chi connectivity index (χ1) is 8.70. The SMILES string of the molecule is N#CCNC(=O)Cc1cc2c(cc1Br)OCCO2. The molecule has 0 unspecified atom stereocenters. The zero-order valence-electron chi connectivity index (χ0n) is 9.53. The molecule has 1 heterocycles. The number of nitriles is 1. The molecule has 2 rings (SSSR count). The highest BCUT2D eigenvalue weighted by Gasteiger charge is 2.16. The third-order valence-electron chi connectivity index (χ3n) is 2.43. The van der Waals surface area contributed by atoms with Crippen molar-refractivity contribution in [2.75, 3.05) is 19.8 Å². The summed E-state index contributed by atoms with van der Waals surface area (Å²) in [5, 5.41) is 10.9. The van der Waals surface area contributed by atoms with Crippen molar-refractivity contribution < 1.29 is 14.3 Å². The molecule has 1 aliphatic rings. The molecule has 0 bridgehead atoms. The Morgan fingerprint density at radius 1 is 1.39 bits per heavy atom. The van der Waals surface area contributed by atoms with E-state index in [-0.39, 0.29) is 18.9 Å². The van der Waals surface area contributed by atoms with Gasteiger partial charge in [0.2, 0.25) is 5.91 Å². The molecular formula is C12H11BrN2O3. The van der Waals surface area contributed by atoms with Crippen molar-refractivity contribution in [3.8, 4) is 17.6 Å². The van der Waals surface area contributed by atoms with Crippen molar-refractivity contribution in [2.24, 2.45) is 0 Å². The molecule has 0 spiro atoms. The van der Waals surface area contributed by atoms with Crippen LogP contribution in [-0.2, 0) is 11.2 Å². The van der Waals surface area contributed by atoms with Gasteiger partial charge in [0.1, 0.15) is 19.8 Å². The van der Waals surface area contributed by atoms with Crippen LogP contribution in [0, 0.1) is 11.3 Å². The molecule has 1 aromatic rings. The number of nitrogens with one attached hydrogen (secondary N) is 1. The number of carbonyl (C=O) groups is 1. The van der Waals surface area contributed by atoms with E-state index in [1.165, 1.54) is 0 Å². The third-order valence-corrected chi connectivity index (χ3v) is 3.17. The molecule has 0 saturated carbocycles. The molecule has 0 aliphatic carbocycles. The number of rotatable bonds is 3. The summed E-state index contributed by atoms with van der Waals surface area (Å²) < 4.78 is 11.7. The maximum Gasteiger partial charge on any atom is 0.225 e.